The maximum Gasteiger partial charge on any atom is 0.418 e. The molecule has 1 N–H and O–H groups in total. The number of benzene rings is 1. The van der Waals surface area contributed by atoms with E-state index in [9.17, 15) is 13.2 Å². The lowest BCUT2D eigenvalue weighted by atomic mass is 10.0. The Morgan fingerprint density at radius 1 is 1.40 bits per heavy atom. The molecule has 0 unspecified atom stereocenters. The van der Waals surface area contributed by atoms with E-state index in [2.05, 4.69) is 5.32 Å². The highest BCUT2D eigenvalue weighted by molar-refractivity contribution is 5.57. The maximum absolute atomic E-state index is 13.0. The quantitative estimate of drug-likeness (QED) is 0.903. The third-order valence-corrected chi connectivity index (χ3v) is 3.30. The molecule has 0 saturated carbocycles. The molecule has 108 valence electrons. The van der Waals surface area contributed by atoms with Crippen molar-refractivity contribution in [1.82, 2.24) is 0 Å². The molecule has 1 heterocycles. The summed E-state index contributed by atoms with van der Waals surface area (Å²) in [4.78, 5) is 0. The van der Waals surface area contributed by atoms with Crippen molar-refractivity contribution in [2.24, 2.45) is 0 Å². The van der Waals surface area contributed by atoms with Gasteiger partial charge in [0, 0.05) is 18.3 Å². The molecule has 1 aliphatic heterocycles. The van der Waals surface area contributed by atoms with Crippen LogP contribution in [0.2, 0.25) is 0 Å². The van der Waals surface area contributed by atoms with Gasteiger partial charge in [0.15, 0.2) is 0 Å². The Morgan fingerprint density at radius 2 is 2.15 bits per heavy atom. The van der Waals surface area contributed by atoms with Gasteiger partial charge in [0.25, 0.3) is 0 Å². The summed E-state index contributed by atoms with van der Waals surface area (Å²) < 4.78 is 44.3. The lowest BCUT2D eigenvalue weighted by Crippen LogP contribution is -2.33. The summed E-state index contributed by atoms with van der Waals surface area (Å²) >= 11 is 0. The molecular formula is C14H15F3N2O. The van der Waals surface area contributed by atoms with E-state index in [4.69, 9.17) is 10.00 Å². The van der Waals surface area contributed by atoms with Crippen molar-refractivity contribution < 1.29 is 17.9 Å². The second-order valence-electron chi connectivity index (χ2n) is 4.92. The van der Waals surface area contributed by atoms with Crippen LogP contribution in [0.5, 0.6) is 0 Å². The van der Waals surface area contributed by atoms with E-state index in [1.807, 2.05) is 13.0 Å². The smallest absolute Gasteiger partial charge is 0.382 e. The van der Waals surface area contributed by atoms with Crippen molar-refractivity contribution in [3.63, 3.8) is 0 Å². The molecule has 1 aliphatic rings. The topological polar surface area (TPSA) is 45.0 Å². The van der Waals surface area contributed by atoms with Crippen LogP contribution in [0.1, 0.15) is 30.9 Å². The molecular weight excluding hydrogens is 269 g/mol. The van der Waals surface area contributed by atoms with E-state index >= 15 is 0 Å². The number of halogens is 3. The summed E-state index contributed by atoms with van der Waals surface area (Å²) in [5.74, 6) is 0. The van der Waals surface area contributed by atoms with Crippen LogP contribution >= 0.6 is 0 Å². The molecule has 1 fully saturated rings. The van der Waals surface area contributed by atoms with Gasteiger partial charge in [-0.3, -0.25) is 0 Å². The molecule has 1 saturated heterocycles. The average molecular weight is 284 g/mol. The van der Waals surface area contributed by atoms with Crippen LogP contribution < -0.4 is 5.32 Å². The molecule has 0 amide bonds. The van der Waals surface area contributed by atoms with Crippen LogP contribution in [0, 0.1) is 11.3 Å². The second-order valence-corrected chi connectivity index (χ2v) is 4.92. The minimum Gasteiger partial charge on any atom is -0.382 e. The molecule has 0 aromatic heterocycles. The Hall–Kier alpha value is -1.74. The lowest BCUT2D eigenvalue weighted by Gasteiger charge is -2.29. The highest BCUT2D eigenvalue weighted by Crippen LogP contribution is 2.36. The molecule has 0 aliphatic carbocycles. The monoisotopic (exact) mass is 284 g/mol. The Labute approximate surface area is 115 Å². The Morgan fingerprint density at radius 3 is 2.75 bits per heavy atom. The van der Waals surface area contributed by atoms with E-state index in [1.54, 1.807) is 0 Å². The van der Waals surface area contributed by atoms with Crippen LogP contribution in [-0.2, 0) is 10.9 Å². The van der Waals surface area contributed by atoms with Crippen LogP contribution in [0.15, 0.2) is 18.2 Å². The Balaban J connectivity index is 2.26. The number of anilines is 1. The summed E-state index contributed by atoms with van der Waals surface area (Å²) in [6, 6.07) is 5.17. The number of ether oxygens (including phenoxy) is 1. The van der Waals surface area contributed by atoms with Crippen LogP contribution in [0.4, 0.5) is 18.9 Å². The van der Waals surface area contributed by atoms with Crippen molar-refractivity contribution in [2.75, 3.05) is 11.9 Å². The first kappa shape index (κ1) is 14.7. The van der Waals surface area contributed by atoms with Gasteiger partial charge in [-0.15, -0.1) is 0 Å². The zero-order valence-corrected chi connectivity index (χ0v) is 11.0. The van der Waals surface area contributed by atoms with E-state index in [-0.39, 0.29) is 23.4 Å². The highest BCUT2D eigenvalue weighted by atomic mass is 19.4. The first-order valence-corrected chi connectivity index (χ1v) is 6.39. The number of alkyl halides is 3. The molecule has 2 rings (SSSR count). The summed E-state index contributed by atoms with van der Waals surface area (Å²) in [5.41, 5.74) is -0.563. The minimum absolute atomic E-state index is 0.0229. The van der Waals surface area contributed by atoms with Crippen molar-refractivity contribution in [2.45, 2.75) is 38.1 Å². The van der Waals surface area contributed by atoms with Gasteiger partial charge in [-0.2, -0.15) is 18.4 Å². The van der Waals surface area contributed by atoms with Gasteiger partial charge >= 0.3 is 6.18 Å². The lowest BCUT2D eigenvalue weighted by molar-refractivity contribution is -0.137. The number of hydrogen-bond acceptors (Lipinski definition) is 3. The second kappa shape index (κ2) is 5.71. The number of nitrogens with zero attached hydrogens (tertiary/aromatic N) is 1. The van der Waals surface area contributed by atoms with Gasteiger partial charge in [-0.1, -0.05) is 0 Å². The fourth-order valence-electron chi connectivity index (χ4n) is 2.33. The summed E-state index contributed by atoms with van der Waals surface area (Å²) in [6.45, 7) is 2.42. The van der Waals surface area contributed by atoms with Gasteiger partial charge in [0.2, 0.25) is 0 Å². The molecule has 1 aromatic rings. The number of rotatable bonds is 2. The zero-order chi connectivity index (χ0) is 14.8. The largest absolute Gasteiger partial charge is 0.418 e. The van der Waals surface area contributed by atoms with Crippen molar-refractivity contribution in [1.29, 1.82) is 5.26 Å². The molecule has 20 heavy (non-hydrogen) atoms. The first-order chi connectivity index (χ1) is 9.40. The predicted molar refractivity (Wildman–Crippen MR) is 68.2 cm³/mol. The third-order valence-electron chi connectivity index (χ3n) is 3.30. The van der Waals surface area contributed by atoms with E-state index in [0.717, 1.165) is 6.07 Å². The highest BCUT2D eigenvalue weighted by Gasteiger charge is 2.34. The minimum atomic E-state index is -4.44. The van der Waals surface area contributed by atoms with Crippen molar-refractivity contribution in [3.8, 4) is 6.07 Å². The molecule has 0 spiro atoms. The predicted octanol–water partition coefficient (Wildman–Crippen LogP) is 3.56. The summed E-state index contributed by atoms with van der Waals surface area (Å²) in [5, 5.41) is 11.7. The molecule has 0 radical (unpaired) electrons. The number of nitrogens with one attached hydrogen (secondary N) is 1. The third kappa shape index (κ3) is 3.42. The van der Waals surface area contributed by atoms with Gasteiger partial charge in [-0.05, 0) is 38.0 Å². The number of hydrogen-bond donors (Lipinski definition) is 1. The molecule has 0 bridgehead atoms. The maximum atomic E-state index is 13.0. The van der Waals surface area contributed by atoms with Gasteiger partial charge < -0.3 is 10.1 Å². The summed E-state index contributed by atoms with van der Waals surface area (Å²) in [7, 11) is 0. The van der Waals surface area contributed by atoms with E-state index in [1.165, 1.54) is 12.1 Å². The first-order valence-electron chi connectivity index (χ1n) is 6.39. The van der Waals surface area contributed by atoms with Crippen LogP contribution in [0.3, 0.4) is 0 Å². The fourth-order valence-corrected chi connectivity index (χ4v) is 2.33. The average Bonchev–Trinajstić information content (AvgIpc) is 2.37. The van der Waals surface area contributed by atoms with Gasteiger partial charge in [0.1, 0.15) is 0 Å². The van der Waals surface area contributed by atoms with Crippen LogP contribution in [0.25, 0.3) is 0 Å². The van der Waals surface area contributed by atoms with E-state index in [0.29, 0.717) is 19.4 Å². The van der Waals surface area contributed by atoms with Crippen molar-refractivity contribution in [3.05, 3.63) is 29.3 Å². The molecule has 6 heteroatoms. The normalized spacial score (nSPS) is 23.1. The molecule has 3 nitrogen and oxygen atoms in total. The Bertz CT molecular complexity index is 522. The fraction of sp³-hybridized carbons (Fsp3) is 0.500. The van der Waals surface area contributed by atoms with Gasteiger partial charge in [-0.25, -0.2) is 0 Å². The molecule has 1 aromatic carbocycles. The summed E-state index contributed by atoms with van der Waals surface area (Å²) in [6.07, 6.45) is -3.12. The Kier molecular flexibility index (Phi) is 4.19. The number of nitriles is 1. The molecule has 2 atom stereocenters. The van der Waals surface area contributed by atoms with Crippen LogP contribution in [-0.4, -0.2) is 18.8 Å². The zero-order valence-electron chi connectivity index (χ0n) is 11.0. The van der Waals surface area contributed by atoms with Crippen molar-refractivity contribution >= 4 is 5.69 Å². The van der Waals surface area contributed by atoms with E-state index < -0.39 is 11.7 Å². The van der Waals surface area contributed by atoms with Gasteiger partial charge in [0.05, 0.1) is 23.3 Å². The standard InChI is InChI=1S/C14H15F3N2O/c1-9-6-11(4-5-20-9)19-13-7-10(8-18)2-3-12(13)14(15,16)17/h2-3,7,9,11,19H,4-6H2,1H3/t9-,11+/m0/s1. The SMILES string of the molecule is C[C@H]1C[C@H](Nc2cc(C#N)ccc2C(F)(F)F)CCO1.